The number of ether oxygens (including phenoxy) is 1. The van der Waals surface area contributed by atoms with E-state index in [9.17, 15) is 4.79 Å². The van der Waals surface area contributed by atoms with Crippen LogP contribution in [0, 0.1) is 5.92 Å². The summed E-state index contributed by atoms with van der Waals surface area (Å²) < 4.78 is 4.68. The van der Waals surface area contributed by atoms with E-state index in [1.165, 1.54) is 12.2 Å². The Morgan fingerprint density at radius 1 is 1.82 bits per heavy atom. The molecule has 0 bridgehead atoms. The molecule has 62 valence electrons. The summed E-state index contributed by atoms with van der Waals surface area (Å²) in [5, 5.41) is 8.18. The van der Waals surface area contributed by atoms with Crippen LogP contribution >= 0.6 is 0 Å². The van der Waals surface area contributed by atoms with Crippen LogP contribution < -0.4 is 0 Å². The highest BCUT2D eigenvalue weighted by molar-refractivity contribution is 5.73. The maximum atomic E-state index is 10.8. The summed E-state index contributed by atoms with van der Waals surface area (Å²) in [7, 11) is 0. The van der Waals surface area contributed by atoms with Gasteiger partial charge in [-0.3, -0.25) is 4.79 Å². The van der Waals surface area contributed by atoms with Crippen LogP contribution in [0.3, 0.4) is 0 Å². The van der Waals surface area contributed by atoms with Gasteiger partial charge in [0.15, 0.2) is 0 Å². The largest absolute Gasteiger partial charge is 0.516 e. The summed E-state index contributed by atoms with van der Waals surface area (Å²) in [6, 6.07) is 0. The smallest absolute Gasteiger partial charge is 0.312 e. The van der Waals surface area contributed by atoms with Gasteiger partial charge in [0.05, 0.1) is 12.2 Å². The summed E-state index contributed by atoms with van der Waals surface area (Å²) >= 11 is 0. The second-order valence-corrected chi connectivity index (χ2v) is 2.04. The summed E-state index contributed by atoms with van der Waals surface area (Å²) in [5.74, 6) is -0.625. The second kappa shape index (κ2) is 5.53. The lowest BCUT2D eigenvalue weighted by Crippen LogP contribution is -2.12. The molecule has 1 N–H and O–H groups in total. The summed E-state index contributed by atoms with van der Waals surface area (Å²) in [5.41, 5.74) is 0. The van der Waals surface area contributed by atoms with Crippen molar-refractivity contribution < 1.29 is 14.6 Å². The first-order valence-electron chi connectivity index (χ1n) is 3.30. The highest BCUT2D eigenvalue weighted by atomic mass is 16.5. The van der Waals surface area contributed by atoms with Gasteiger partial charge >= 0.3 is 5.97 Å². The van der Waals surface area contributed by atoms with Gasteiger partial charge in [-0.15, -0.1) is 6.58 Å². The minimum atomic E-state index is -0.335. The van der Waals surface area contributed by atoms with Gasteiger partial charge in [0.25, 0.3) is 0 Å². The van der Waals surface area contributed by atoms with Gasteiger partial charge in [0.1, 0.15) is 6.61 Å². The Hall–Kier alpha value is -1.25. The Labute approximate surface area is 66.0 Å². The molecule has 0 fully saturated rings. The minimum Gasteiger partial charge on any atom is -0.516 e. The lowest BCUT2D eigenvalue weighted by Gasteiger charge is -2.03. The molecule has 0 rings (SSSR count). The first-order valence-corrected chi connectivity index (χ1v) is 3.30. The molecule has 0 aromatic rings. The molecule has 11 heavy (non-hydrogen) atoms. The van der Waals surface area contributed by atoms with E-state index in [0.29, 0.717) is 0 Å². The molecule has 0 spiro atoms. The van der Waals surface area contributed by atoms with Crippen molar-refractivity contribution in [2.24, 2.45) is 5.92 Å². The molecule has 1 unspecified atom stereocenters. The molecule has 0 aromatic heterocycles. The van der Waals surface area contributed by atoms with Crippen LogP contribution in [0.25, 0.3) is 0 Å². The molecule has 0 aliphatic rings. The van der Waals surface area contributed by atoms with E-state index in [4.69, 9.17) is 5.11 Å². The zero-order chi connectivity index (χ0) is 8.69. The fraction of sp³-hybridized carbons (Fsp3) is 0.375. The van der Waals surface area contributed by atoms with Crippen LogP contribution in [0.4, 0.5) is 0 Å². The molecule has 0 aromatic carbocycles. The van der Waals surface area contributed by atoms with E-state index in [1.54, 1.807) is 6.92 Å². The Kier molecular flexibility index (Phi) is 4.90. The molecule has 3 heteroatoms. The molecule has 0 amide bonds. The number of aliphatic hydroxyl groups excluding tert-OH is 1. The number of carbonyl (C=O) groups excluding carboxylic acids is 1. The van der Waals surface area contributed by atoms with Crippen molar-refractivity contribution in [3.63, 3.8) is 0 Å². The highest BCUT2D eigenvalue weighted by Gasteiger charge is 2.08. The maximum Gasteiger partial charge on any atom is 0.312 e. The predicted molar refractivity (Wildman–Crippen MR) is 42.1 cm³/mol. The first-order chi connectivity index (χ1) is 5.22. The topological polar surface area (TPSA) is 46.5 Å². The molecule has 0 heterocycles. The summed E-state index contributed by atoms with van der Waals surface area (Å²) in [4.78, 5) is 10.8. The van der Waals surface area contributed by atoms with Gasteiger partial charge in [-0.25, -0.2) is 0 Å². The third-order valence-corrected chi connectivity index (χ3v) is 1.15. The average molecular weight is 156 g/mol. The van der Waals surface area contributed by atoms with Crippen molar-refractivity contribution >= 4 is 5.97 Å². The van der Waals surface area contributed by atoms with E-state index in [-0.39, 0.29) is 18.5 Å². The summed E-state index contributed by atoms with van der Waals surface area (Å²) in [6.07, 6.45) is 3.69. The van der Waals surface area contributed by atoms with Crippen molar-refractivity contribution in [2.75, 3.05) is 6.61 Å². The number of esters is 1. The number of carbonyl (C=O) groups is 1. The van der Waals surface area contributed by atoms with Crippen molar-refractivity contribution in [3.8, 4) is 0 Å². The van der Waals surface area contributed by atoms with Crippen molar-refractivity contribution in [3.05, 3.63) is 25.0 Å². The molecule has 0 saturated heterocycles. The summed E-state index contributed by atoms with van der Waals surface area (Å²) in [6.45, 7) is 5.24. The number of hydrogen-bond acceptors (Lipinski definition) is 3. The van der Waals surface area contributed by atoms with Gasteiger partial charge in [0.2, 0.25) is 0 Å². The number of rotatable bonds is 4. The Morgan fingerprint density at radius 2 is 2.45 bits per heavy atom. The third kappa shape index (κ3) is 4.19. The lowest BCUT2D eigenvalue weighted by molar-refractivity contribution is -0.145. The fourth-order valence-electron chi connectivity index (χ4n) is 0.401. The van der Waals surface area contributed by atoms with E-state index in [1.807, 2.05) is 0 Å². The molecule has 0 saturated carbocycles. The van der Waals surface area contributed by atoms with Crippen LogP contribution in [0.1, 0.15) is 6.92 Å². The molecule has 3 nitrogen and oxygen atoms in total. The number of aliphatic hydroxyl groups is 1. The Balaban J connectivity index is 3.60. The Morgan fingerprint density at radius 3 is 2.91 bits per heavy atom. The van der Waals surface area contributed by atoms with Gasteiger partial charge in [-0.2, -0.15) is 0 Å². The van der Waals surface area contributed by atoms with Gasteiger partial charge in [-0.1, -0.05) is 6.08 Å². The van der Waals surface area contributed by atoms with Crippen LogP contribution in [-0.2, 0) is 9.53 Å². The van der Waals surface area contributed by atoms with Crippen LogP contribution in [0.15, 0.2) is 25.0 Å². The monoisotopic (exact) mass is 156 g/mol. The zero-order valence-electron chi connectivity index (χ0n) is 6.49. The van der Waals surface area contributed by atoms with Crippen LogP contribution in [0.2, 0.25) is 0 Å². The predicted octanol–water partition coefficient (Wildman–Crippen LogP) is 1.42. The molecule has 0 radical (unpaired) electrons. The van der Waals surface area contributed by atoms with Crippen LogP contribution in [0.5, 0.6) is 0 Å². The van der Waals surface area contributed by atoms with E-state index >= 15 is 0 Å². The SMILES string of the molecule is C=CC(C)C(=O)OCC=CO. The standard InChI is InChI=1S/C8H12O3/c1-3-7(2)8(10)11-6-4-5-9/h3-5,7,9H,1,6H2,2H3. The fourth-order valence-corrected chi connectivity index (χ4v) is 0.401. The van der Waals surface area contributed by atoms with Gasteiger partial charge < -0.3 is 9.84 Å². The van der Waals surface area contributed by atoms with Gasteiger partial charge in [0, 0.05) is 0 Å². The normalized spacial score (nSPS) is 12.8. The molecule has 0 aliphatic heterocycles. The maximum absolute atomic E-state index is 10.8. The molecular formula is C8H12O3. The quantitative estimate of drug-likeness (QED) is 0.380. The average Bonchev–Trinajstić information content (AvgIpc) is 2.03. The van der Waals surface area contributed by atoms with Crippen LogP contribution in [-0.4, -0.2) is 17.7 Å². The van der Waals surface area contributed by atoms with Crippen molar-refractivity contribution in [2.45, 2.75) is 6.92 Å². The van der Waals surface area contributed by atoms with Crippen molar-refractivity contribution in [1.82, 2.24) is 0 Å². The third-order valence-electron chi connectivity index (χ3n) is 1.15. The van der Waals surface area contributed by atoms with E-state index in [2.05, 4.69) is 11.3 Å². The van der Waals surface area contributed by atoms with E-state index in [0.717, 1.165) is 6.26 Å². The minimum absolute atomic E-state index is 0.105. The van der Waals surface area contributed by atoms with E-state index < -0.39 is 0 Å². The Bertz CT molecular complexity index is 161. The first kappa shape index (κ1) is 9.75. The lowest BCUT2D eigenvalue weighted by atomic mass is 10.2. The second-order valence-electron chi connectivity index (χ2n) is 2.04. The zero-order valence-corrected chi connectivity index (χ0v) is 6.49. The van der Waals surface area contributed by atoms with Crippen molar-refractivity contribution in [1.29, 1.82) is 0 Å². The molecule has 1 atom stereocenters. The molecular weight excluding hydrogens is 144 g/mol. The highest BCUT2D eigenvalue weighted by Crippen LogP contribution is 1.98. The molecule has 0 aliphatic carbocycles. The number of hydrogen-bond donors (Lipinski definition) is 1. The van der Waals surface area contributed by atoms with Gasteiger partial charge in [-0.05, 0) is 13.0 Å².